The summed E-state index contributed by atoms with van der Waals surface area (Å²) in [5, 5.41) is 19.0. The number of para-hydroxylation sites is 1. The minimum atomic E-state index is -0.195. The molecule has 6 heteroatoms. The molecule has 0 spiro atoms. The molecule has 2 aromatic carbocycles. The lowest BCUT2D eigenvalue weighted by molar-refractivity contribution is 0.0951. The molecule has 2 aromatic heterocycles. The second-order valence-electron chi connectivity index (χ2n) is 5.99. The number of aromatic hydroxyl groups is 1. The highest BCUT2D eigenvalue weighted by Gasteiger charge is 2.14. The maximum atomic E-state index is 12.4. The summed E-state index contributed by atoms with van der Waals surface area (Å²) in [7, 11) is 0. The number of amides is 1. The molecule has 0 aliphatic heterocycles. The summed E-state index contributed by atoms with van der Waals surface area (Å²) in [6.07, 6.45) is 1.95. The van der Waals surface area contributed by atoms with E-state index in [9.17, 15) is 9.90 Å². The molecule has 0 saturated carbocycles. The van der Waals surface area contributed by atoms with E-state index in [2.05, 4.69) is 5.32 Å². The number of rotatable bonds is 5. The third-order valence-corrected chi connectivity index (χ3v) is 5.01. The fourth-order valence-corrected chi connectivity index (χ4v) is 3.51. The third-order valence-electron chi connectivity index (χ3n) is 4.13. The molecule has 2 N–H and O–H groups in total. The number of benzene rings is 2. The van der Waals surface area contributed by atoms with Gasteiger partial charge in [0.05, 0.1) is 10.6 Å². The average molecular weight is 375 g/mol. The predicted octanol–water partition coefficient (Wildman–Crippen LogP) is 4.24. The van der Waals surface area contributed by atoms with Gasteiger partial charge in [-0.25, -0.2) is 4.68 Å². The molecular formula is C21H17N3O2S. The van der Waals surface area contributed by atoms with E-state index in [-0.39, 0.29) is 11.7 Å². The molecule has 0 bridgehead atoms. The van der Waals surface area contributed by atoms with Gasteiger partial charge in [-0.3, -0.25) is 4.79 Å². The van der Waals surface area contributed by atoms with Crippen LogP contribution >= 0.6 is 11.3 Å². The number of nitrogens with one attached hydrogen (secondary N) is 1. The highest BCUT2D eigenvalue weighted by Crippen LogP contribution is 2.27. The van der Waals surface area contributed by atoms with E-state index in [1.165, 1.54) is 12.1 Å². The first-order valence-electron chi connectivity index (χ1n) is 8.46. The normalized spacial score (nSPS) is 10.7. The van der Waals surface area contributed by atoms with E-state index >= 15 is 0 Å². The smallest absolute Gasteiger partial charge is 0.251 e. The number of phenolic OH excluding ortho intramolecular Hbond substituents is 1. The van der Waals surface area contributed by atoms with E-state index in [4.69, 9.17) is 5.10 Å². The molecule has 27 heavy (non-hydrogen) atoms. The van der Waals surface area contributed by atoms with Crippen molar-refractivity contribution in [1.29, 1.82) is 0 Å². The fourth-order valence-electron chi connectivity index (χ4n) is 2.76. The van der Waals surface area contributed by atoms with Gasteiger partial charge in [0.1, 0.15) is 11.4 Å². The maximum absolute atomic E-state index is 12.4. The lowest BCUT2D eigenvalue weighted by atomic mass is 10.2. The SMILES string of the molecule is O=C(NCc1cn(-c2ccccc2)nc1-c1cccs1)c1ccc(O)cc1. The zero-order valence-corrected chi connectivity index (χ0v) is 15.2. The molecule has 0 atom stereocenters. The van der Waals surface area contributed by atoms with E-state index in [1.54, 1.807) is 23.5 Å². The highest BCUT2D eigenvalue weighted by atomic mass is 32.1. The second kappa shape index (κ2) is 7.47. The predicted molar refractivity (Wildman–Crippen MR) is 106 cm³/mol. The lowest BCUT2D eigenvalue weighted by Gasteiger charge is -2.05. The van der Waals surface area contributed by atoms with Gasteiger partial charge in [0, 0.05) is 23.9 Å². The summed E-state index contributed by atoms with van der Waals surface area (Å²) < 4.78 is 1.83. The summed E-state index contributed by atoms with van der Waals surface area (Å²) in [6.45, 7) is 0.361. The molecule has 134 valence electrons. The molecule has 1 amide bonds. The molecule has 0 saturated heterocycles. The van der Waals surface area contributed by atoms with Gasteiger partial charge < -0.3 is 10.4 Å². The Labute approximate surface area is 160 Å². The molecule has 0 fully saturated rings. The van der Waals surface area contributed by atoms with E-state index in [1.807, 2.05) is 58.7 Å². The van der Waals surface area contributed by atoms with Gasteiger partial charge in [-0.1, -0.05) is 24.3 Å². The molecule has 2 heterocycles. The zero-order chi connectivity index (χ0) is 18.6. The van der Waals surface area contributed by atoms with Crippen LogP contribution in [-0.2, 0) is 6.54 Å². The molecule has 4 aromatic rings. The monoisotopic (exact) mass is 375 g/mol. The number of carbonyl (C=O) groups is 1. The Morgan fingerprint density at radius 2 is 1.81 bits per heavy atom. The van der Waals surface area contributed by atoms with Gasteiger partial charge in [-0.05, 0) is 47.8 Å². The summed E-state index contributed by atoms with van der Waals surface area (Å²) in [6, 6.07) is 20.1. The number of carbonyl (C=O) groups excluding carboxylic acids is 1. The van der Waals surface area contributed by atoms with Gasteiger partial charge in [0.25, 0.3) is 5.91 Å². The van der Waals surface area contributed by atoms with Crippen LogP contribution in [0.2, 0.25) is 0 Å². The standard InChI is InChI=1S/C21H17N3O2S/c25-18-10-8-15(9-11-18)21(26)22-13-16-14-24(17-5-2-1-3-6-17)23-20(16)19-7-4-12-27-19/h1-12,14,25H,13H2,(H,22,26). The molecule has 0 aliphatic rings. The van der Waals surface area contributed by atoms with Crippen LogP contribution in [0.5, 0.6) is 5.75 Å². The van der Waals surface area contributed by atoms with Crippen molar-refractivity contribution >= 4 is 17.2 Å². The van der Waals surface area contributed by atoms with E-state index < -0.39 is 0 Å². The van der Waals surface area contributed by atoms with Gasteiger partial charge in [0.2, 0.25) is 0 Å². The minimum Gasteiger partial charge on any atom is -0.508 e. The fraction of sp³-hybridized carbons (Fsp3) is 0.0476. The van der Waals surface area contributed by atoms with Crippen LogP contribution in [0.1, 0.15) is 15.9 Å². The van der Waals surface area contributed by atoms with Crippen LogP contribution in [-0.4, -0.2) is 20.8 Å². The number of aromatic nitrogens is 2. The second-order valence-corrected chi connectivity index (χ2v) is 6.94. The van der Waals surface area contributed by atoms with Crippen molar-refractivity contribution in [2.45, 2.75) is 6.54 Å². The molecule has 0 unspecified atom stereocenters. The number of hydrogen-bond acceptors (Lipinski definition) is 4. The minimum absolute atomic E-state index is 0.135. The van der Waals surface area contributed by atoms with Crippen molar-refractivity contribution in [2.75, 3.05) is 0 Å². The Morgan fingerprint density at radius 3 is 2.52 bits per heavy atom. The van der Waals surface area contributed by atoms with Crippen LogP contribution in [0.25, 0.3) is 16.3 Å². The van der Waals surface area contributed by atoms with Crippen molar-refractivity contribution in [3.05, 3.63) is 89.4 Å². The molecule has 4 rings (SSSR count). The van der Waals surface area contributed by atoms with Crippen LogP contribution < -0.4 is 5.32 Å². The van der Waals surface area contributed by atoms with Gasteiger partial charge in [-0.15, -0.1) is 11.3 Å². The Kier molecular flexibility index (Phi) is 4.72. The molecule has 5 nitrogen and oxygen atoms in total. The van der Waals surface area contributed by atoms with Crippen LogP contribution in [0, 0.1) is 0 Å². The van der Waals surface area contributed by atoms with Crippen LogP contribution in [0.4, 0.5) is 0 Å². The van der Waals surface area contributed by atoms with Crippen molar-refractivity contribution in [1.82, 2.24) is 15.1 Å². The van der Waals surface area contributed by atoms with E-state index in [0.29, 0.717) is 12.1 Å². The molecule has 0 radical (unpaired) electrons. The number of phenols is 1. The van der Waals surface area contributed by atoms with Gasteiger partial charge in [0.15, 0.2) is 0 Å². The maximum Gasteiger partial charge on any atom is 0.251 e. The summed E-state index contributed by atoms with van der Waals surface area (Å²) in [4.78, 5) is 13.4. The van der Waals surface area contributed by atoms with Crippen LogP contribution in [0.15, 0.2) is 78.3 Å². The third kappa shape index (κ3) is 3.75. The zero-order valence-electron chi connectivity index (χ0n) is 14.4. The highest BCUT2D eigenvalue weighted by molar-refractivity contribution is 7.13. The number of thiophene rings is 1. The molecular weight excluding hydrogens is 358 g/mol. The largest absolute Gasteiger partial charge is 0.508 e. The van der Waals surface area contributed by atoms with Gasteiger partial charge in [-0.2, -0.15) is 5.10 Å². The number of nitrogens with zero attached hydrogens (tertiary/aromatic N) is 2. The first-order chi connectivity index (χ1) is 13.2. The van der Waals surface area contributed by atoms with E-state index in [0.717, 1.165) is 21.8 Å². The Morgan fingerprint density at radius 1 is 1.04 bits per heavy atom. The Bertz CT molecular complexity index is 1040. The van der Waals surface area contributed by atoms with Crippen LogP contribution in [0.3, 0.4) is 0 Å². The Hall–Kier alpha value is -3.38. The summed E-state index contributed by atoms with van der Waals surface area (Å²) in [5.74, 6) is -0.0599. The van der Waals surface area contributed by atoms with Crippen molar-refractivity contribution in [3.63, 3.8) is 0 Å². The Balaban J connectivity index is 1.60. The lowest BCUT2D eigenvalue weighted by Crippen LogP contribution is -2.22. The number of hydrogen-bond donors (Lipinski definition) is 2. The van der Waals surface area contributed by atoms with Crippen molar-refractivity contribution in [3.8, 4) is 22.0 Å². The van der Waals surface area contributed by atoms with Gasteiger partial charge >= 0.3 is 0 Å². The first kappa shape index (κ1) is 17.1. The quantitative estimate of drug-likeness (QED) is 0.548. The first-order valence-corrected chi connectivity index (χ1v) is 9.34. The summed E-state index contributed by atoms with van der Waals surface area (Å²) >= 11 is 1.61. The van der Waals surface area contributed by atoms with Crippen molar-refractivity contribution < 1.29 is 9.90 Å². The molecule has 0 aliphatic carbocycles. The topological polar surface area (TPSA) is 67.2 Å². The summed E-state index contributed by atoms with van der Waals surface area (Å²) in [5.41, 5.74) is 3.26. The van der Waals surface area contributed by atoms with Crippen molar-refractivity contribution in [2.24, 2.45) is 0 Å². The average Bonchev–Trinajstić information content (AvgIpc) is 3.37.